The van der Waals surface area contributed by atoms with E-state index in [0.29, 0.717) is 37.8 Å². The van der Waals surface area contributed by atoms with Crippen molar-refractivity contribution in [1.82, 2.24) is 10.2 Å². The van der Waals surface area contributed by atoms with Crippen molar-refractivity contribution in [2.45, 2.75) is 70.3 Å². The second-order valence-corrected chi connectivity index (χ2v) is 8.33. The molecule has 166 valence electrons. The van der Waals surface area contributed by atoms with E-state index in [1.54, 1.807) is 20.8 Å². The molecule has 0 aliphatic heterocycles. The van der Waals surface area contributed by atoms with E-state index < -0.39 is 45.5 Å². The van der Waals surface area contributed by atoms with E-state index in [-0.39, 0.29) is 12.1 Å². The number of halogens is 3. The van der Waals surface area contributed by atoms with Gasteiger partial charge in [-0.2, -0.15) is 13.2 Å². The van der Waals surface area contributed by atoms with Gasteiger partial charge in [-0.3, -0.25) is 14.9 Å². The molecule has 0 radical (unpaired) electrons. The predicted molar refractivity (Wildman–Crippen MR) is 101 cm³/mol. The number of nitro benzene ring substituents is 1. The average molecular weight is 431 g/mol. The zero-order valence-electron chi connectivity index (χ0n) is 16.8. The summed E-state index contributed by atoms with van der Waals surface area (Å²) >= 11 is 0. The fourth-order valence-electron chi connectivity index (χ4n) is 3.75. The number of carbonyl (C=O) groups is 2. The highest BCUT2D eigenvalue weighted by Crippen LogP contribution is 2.33. The highest BCUT2D eigenvalue weighted by molar-refractivity contribution is 5.95. The molecule has 8 nitrogen and oxygen atoms in total. The van der Waals surface area contributed by atoms with Crippen LogP contribution in [0.5, 0.6) is 0 Å². The summed E-state index contributed by atoms with van der Waals surface area (Å²) in [7, 11) is 0. The third-order valence-electron chi connectivity index (χ3n) is 5.04. The Hall–Kier alpha value is -2.85. The average Bonchev–Trinajstić information content (AvgIpc) is 2.60. The van der Waals surface area contributed by atoms with Crippen LogP contribution in [0.4, 0.5) is 23.7 Å². The summed E-state index contributed by atoms with van der Waals surface area (Å²) in [5.41, 5.74) is -3.13. The lowest BCUT2D eigenvalue weighted by molar-refractivity contribution is -0.385. The normalized spacial score (nSPS) is 19.8. The summed E-state index contributed by atoms with van der Waals surface area (Å²) in [6, 6.07) is 1.18. The lowest BCUT2D eigenvalue weighted by Crippen LogP contribution is -2.53. The monoisotopic (exact) mass is 431 g/mol. The van der Waals surface area contributed by atoms with Gasteiger partial charge in [0.25, 0.3) is 11.6 Å². The van der Waals surface area contributed by atoms with Crippen LogP contribution in [-0.2, 0) is 6.18 Å². The Labute approximate surface area is 171 Å². The minimum atomic E-state index is -4.83. The lowest BCUT2D eigenvalue weighted by atomic mass is 9.88. The predicted octanol–water partition coefficient (Wildman–Crippen LogP) is 4.43. The molecule has 30 heavy (non-hydrogen) atoms. The molecule has 1 aliphatic carbocycles. The first-order valence-electron chi connectivity index (χ1n) is 9.40. The maximum absolute atomic E-state index is 13.0. The Kier molecular flexibility index (Phi) is 6.63. The highest BCUT2D eigenvalue weighted by Gasteiger charge is 2.36. The van der Waals surface area contributed by atoms with Gasteiger partial charge in [-0.1, -0.05) is 0 Å². The molecule has 1 saturated carbocycles. The van der Waals surface area contributed by atoms with Crippen LogP contribution in [-0.4, -0.2) is 44.6 Å². The number of carbonyl (C=O) groups excluding carboxylic acids is 1. The summed E-state index contributed by atoms with van der Waals surface area (Å²) in [5.74, 6) is -0.835. The van der Waals surface area contributed by atoms with E-state index in [4.69, 9.17) is 0 Å². The maximum Gasteiger partial charge on any atom is 0.416 e. The fraction of sp³-hybridized carbons (Fsp3) is 0.579. The van der Waals surface area contributed by atoms with Gasteiger partial charge in [-0.05, 0) is 52.5 Å². The van der Waals surface area contributed by atoms with Gasteiger partial charge in [0.1, 0.15) is 0 Å². The third kappa shape index (κ3) is 5.61. The van der Waals surface area contributed by atoms with Crippen molar-refractivity contribution >= 4 is 17.7 Å². The molecule has 0 saturated heterocycles. The number of carboxylic acid groups (broad SMARTS) is 1. The number of nitrogens with zero attached hydrogens (tertiary/aromatic N) is 2. The van der Waals surface area contributed by atoms with Gasteiger partial charge in [-0.15, -0.1) is 0 Å². The molecule has 1 aromatic rings. The topological polar surface area (TPSA) is 113 Å². The Bertz CT molecular complexity index is 828. The molecule has 2 amide bonds. The van der Waals surface area contributed by atoms with Gasteiger partial charge in [0.15, 0.2) is 0 Å². The summed E-state index contributed by atoms with van der Waals surface area (Å²) in [5, 5.41) is 23.0. The molecule has 2 N–H and O–H groups in total. The van der Waals surface area contributed by atoms with Crippen LogP contribution < -0.4 is 5.32 Å². The zero-order chi connectivity index (χ0) is 22.9. The molecule has 0 atom stereocenters. The molecule has 0 spiro atoms. The standard InChI is InChI=1S/C19H24F3N3O5/c1-18(2,3)24(17(27)28)14-6-4-13(5-7-14)23-16(26)11-8-12(19(20,21)22)10-15(9-11)25(29)30/h8-10,13-14H,4-7H2,1-3H3,(H,23,26)(H,27,28). The molecular formula is C19H24F3N3O5. The Balaban J connectivity index is 2.10. The van der Waals surface area contributed by atoms with Crippen LogP contribution in [0.3, 0.4) is 0 Å². The number of non-ortho nitro benzene ring substituents is 1. The summed E-state index contributed by atoms with van der Waals surface area (Å²) in [4.78, 5) is 35.4. The van der Waals surface area contributed by atoms with Gasteiger partial charge >= 0.3 is 12.3 Å². The Morgan fingerprint density at radius 3 is 2.13 bits per heavy atom. The van der Waals surface area contributed by atoms with Gasteiger partial charge in [0, 0.05) is 35.3 Å². The molecule has 0 aromatic heterocycles. The van der Waals surface area contributed by atoms with E-state index in [9.17, 15) is 38.0 Å². The SMILES string of the molecule is CC(C)(C)N(C(=O)O)C1CCC(NC(=O)c2cc([N+](=O)[O-])cc(C(F)(F)F)c2)CC1. The van der Waals surface area contributed by atoms with Crippen molar-refractivity contribution in [3.05, 3.63) is 39.4 Å². The molecule has 0 heterocycles. The number of hydrogen-bond donors (Lipinski definition) is 2. The lowest BCUT2D eigenvalue weighted by Gasteiger charge is -2.42. The minimum Gasteiger partial charge on any atom is -0.465 e. The van der Waals surface area contributed by atoms with E-state index in [1.165, 1.54) is 4.90 Å². The summed E-state index contributed by atoms with van der Waals surface area (Å²) < 4.78 is 39.0. The van der Waals surface area contributed by atoms with Crippen LogP contribution >= 0.6 is 0 Å². The molecule has 11 heteroatoms. The van der Waals surface area contributed by atoms with Crippen molar-refractivity contribution in [2.24, 2.45) is 0 Å². The van der Waals surface area contributed by atoms with Crippen molar-refractivity contribution < 1.29 is 32.8 Å². The van der Waals surface area contributed by atoms with E-state index in [2.05, 4.69) is 5.32 Å². The molecule has 0 unspecified atom stereocenters. The molecular weight excluding hydrogens is 407 g/mol. The summed E-state index contributed by atoms with van der Waals surface area (Å²) in [6.07, 6.45) is -4.01. The summed E-state index contributed by atoms with van der Waals surface area (Å²) in [6.45, 7) is 5.36. The van der Waals surface area contributed by atoms with Gasteiger partial charge in [0.2, 0.25) is 0 Å². The number of benzene rings is 1. The van der Waals surface area contributed by atoms with Crippen molar-refractivity contribution in [1.29, 1.82) is 0 Å². The first kappa shape index (κ1) is 23.4. The first-order chi connectivity index (χ1) is 13.7. The van der Waals surface area contributed by atoms with Crippen molar-refractivity contribution in [3.8, 4) is 0 Å². The van der Waals surface area contributed by atoms with Crippen molar-refractivity contribution in [2.75, 3.05) is 0 Å². The molecule has 1 aliphatic rings. The van der Waals surface area contributed by atoms with E-state index >= 15 is 0 Å². The van der Waals surface area contributed by atoms with Crippen LogP contribution in [0, 0.1) is 10.1 Å². The largest absolute Gasteiger partial charge is 0.465 e. The molecule has 1 fully saturated rings. The van der Waals surface area contributed by atoms with Crippen LogP contribution in [0.2, 0.25) is 0 Å². The maximum atomic E-state index is 13.0. The number of alkyl halides is 3. The van der Waals surface area contributed by atoms with Crippen LogP contribution in [0.1, 0.15) is 62.4 Å². The van der Waals surface area contributed by atoms with Gasteiger partial charge < -0.3 is 15.3 Å². The number of nitrogens with one attached hydrogen (secondary N) is 1. The van der Waals surface area contributed by atoms with Crippen LogP contribution in [0.25, 0.3) is 0 Å². The number of hydrogen-bond acceptors (Lipinski definition) is 4. The van der Waals surface area contributed by atoms with Gasteiger partial charge in [0.05, 0.1) is 10.5 Å². The minimum absolute atomic E-state index is 0.231. The van der Waals surface area contributed by atoms with Crippen LogP contribution in [0.15, 0.2) is 18.2 Å². The smallest absolute Gasteiger partial charge is 0.416 e. The second-order valence-electron chi connectivity index (χ2n) is 8.33. The molecule has 1 aromatic carbocycles. The Morgan fingerprint density at radius 2 is 1.70 bits per heavy atom. The molecule has 2 rings (SSSR count). The molecule has 0 bridgehead atoms. The highest BCUT2D eigenvalue weighted by atomic mass is 19.4. The van der Waals surface area contributed by atoms with Crippen molar-refractivity contribution in [3.63, 3.8) is 0 Å². The number of amides is 2. The van der Waals surface area contributed by atoms with E-state index in [0.717, 1.165) is 6.07 Å². The second kappa shape index (κ2) is 8.49. The van der Waals surface area contributed by atoms with E-state index in [1.807, 2.05) is 0 Å². The fourth-order valence-corrected chi connectivity index (χ4v) is 3.75. The first-order valence-corrected chi connectivity index (χ1v) is 9.40. The quantitative estimate of drug-likeness (QED) is 0.541. The Morgan fingerprint density at radius 1 is 1.13 bits per heavy atom. The number of nitro groups is 1. The van der Waals surface area contributed by atoms with Gasteiger partial charge in [-0.25, -0.2) is 4.79 Å². The third-order valence-corrected chi connectivity index (χ3v) is 5.04. The number of rotatable bonds is 4. The zero-order valence-corrected chi connectivity index (χ0v) is 16.8.